The van der Waals surface area contributed by atoms with Gasteiger partial charge in [-0.1, -0.05) is 0 Å². The molecule has 2 aromatic heterocycles. The maximum atomic E-state index is 12.5. The summed E-state index contributed by atoms with van der Waals surface area (Å²) in [5.74, 6) is -0.801. The highest BCUT2D eigenvalue weighted by Crippen LogP contribution is 2.42. The van der Waals surface area contributed by atoms with Gasteiger partial charge in [-0.15, -0.1) is 0 Å². The summed E-state index contributed by atoms with van der Waals surface area (Å²) in [5, 5.41) is 11.8. The van der Waals surface area contributed by atoms with E-state index in [1.807, 2.05) is 24.4 Å². The van der Waals surface area contributed by atoms with Gasteiger partial charge in [0.2, 0.25) is 0 Å². The van der Waals surface area contributed by atoms with Crippen LogP contribution < -0.4 is 25.1 Å². The Morgan fingerprint density at radius 2 is 1.72 bits per heavy atom. The minimum Gasteiger partial charge on any atom is -0.496 e. The van der Waals surface area contributed by atoms with Crippen molar-refractivity contribution in [1.82, 2.24) is 14.9 Å². The molecule has 9 nitrogen and oxygen atoms in total. The number of nitrogens with zero attached hydrogens (tertiary/aromatic N) is 2. The number of alkyl halides is 3. The minimum absolute atomic E-state index is 0.0892. The molecular formula is C24H26F3N3O6. The Hall–Kier alpha value is -3.80. The number of ether oxygens (including phenoxy) is 3. The highest BCUT2D eigenvalue weighted by atomic mass is 19.4. The Morgan fingerprint density at radius 1 is 1.08 bits per heavy atom. The van der Waals surface area contributed by atoms with Gasteiger partial charge in [-0.2, -0.15) is 13.2 Å². The number of carboxylic acids is 1. The Morgan fingerprint density at radius 3 is 2.31 bits per heavy atom. The fourth-order valence-electron chi connectivity index (χ4n) is 3.79. The number of carboxylic acid groups (broad SMARTS) is 1. The van der Waals surface area contributed by atoms with E-state index in [0.29, 0.717) is 22.6 Å². The van der Waals surface area contributed by atoms with E-state index < -0.39 is 12.1 Å². The number of aryl methyl sites for hydroxylation is 1. The molecule has 194 valence electrons. The van der Waals surface area contributed by atoms with Crippen molar-refractivity contribution in [3.05, 3.63) is 47.1 Å². The fourth-order valence-corrected chi connectivity index (χ4v) is 3.79. The SMILES string of the molecule is COc1cc(-c2cn(C)c(=O)c3cnccc23)c(OC)cc1OC1CCNCC1.O=C(O)C(F)(F)F. The summed E-state index contributed by atoms with van der Waals surface area (Å²) in [7, 11) is 4.99. The van der Waals surface area contributed by atoms with Crippen molar-refractivity contribution in [2.24, 2.45) is 7.05 Å². The van der Waals surface area contributed by atoms with Crippen LogP contribution in [0.4, 0.5) is 13.2 Å². The normalized spacial score (nSPS) is 14.1. The van der Waals surface area contributed by atoms with E-state index in [1.165, 1.54) is 0 Å². The lowest BCUT2D eigenvalue weighted by molar-refractivity contribution is -0.192. The summed E-state index contributed by atoms with van der Waals surface area (Å²) in [6, 6.07) is 5.63. The molecule has 36 heavy (non-hydrogen) atoms. The number of benzene rings is 1. The molecule has 0 bridgehead atoms. The Balaban J connectivity index is 0.000000454. The summed E-state index contributed by atoms with van der Waals surface area (Å²) in [6.07, 6.45) is 2.06. The lowest BCUT2D eigenvalue weighted by atomic mass is 10.00. The lowest BCUT2D eigenvalue weighted by Crippen LogP contribution is -2.34. The first-order valence-electron chi connectivity index (χ1n) is 10.9. The number of fused-ring (bicyclic) bond motifs is 1. The van der Waals surface area contributed by atoms with E-state index >= 15 is 0 Å². The number of nitrogens with one attached hydrogen (secondary N) is 1. The first kappa shape index (κ1) is 26.8. The minimum atomic E-state index is -5.08. The maximum Gasteiger partial charge on any atom is 0.490 e. The van der Waals surface area contributed by atoms with Gasteiger partial charge in [-0.3, -0.25) is 9.78 Å². The first-order chi connectivity index (χ1) is 17.1. The van der Waals surface area contributed by atoms with E-state index in [9.17, 15) is 18.0 Å². The third-order valence-electron chi connectivity index (χ3n) is 5.58. The smallest absolute Gasteiger partial charge is 0.490 e. The maximum absolute atomic E-state index is 12.5. The third kappa shape index (κ3) is 6.06. The molecule has 0 spiro atoms. The van der Waals surface area contributed by atoms with E-state index in [0.717, 1.165) is 42.4 Å². The van der Waals surface area contributed by atoms with Gasteiger partial charge in [0.15, 0.2) is 11.5 Å². The van der Waals surface area contributed by atoms with Crippen molar-refractivity contribution in [1.29, 1.82) is 0 Å². The van der Waals surface area contributed by atoms with E-state index in [4.69, 9.17) is 24.1 Å². The van der Waals surface area contributed by atoms with Crippen LogP contribution in [0, 0.1) is 0 Å². The molecule has 0 unspecified atom stereocenters. The monoisotopic (exact) mass is 509 g/mol. The van der Waals surface area contributed by atoms with E-state index in [-0.39, 0.29) is 11.7 Å². The van der Waals surface area contributed by atoms with Crippen LogP contribution in [-0.2, 0) is 11.8 Å². The molecule has 0 radical (unpaired) electrons. The number of pyridine rings is 2. The zero-order valence-electron chi connectivity index (χ0n) is 19.9. The van der Waals surface area contributed by atoms with Crippen molar-refractivity contribution in [2.75, 3.05) is 27.3 Å². The van der Waals surface area contributed by atoms with Gasteiger partial charge in [0.05, 0.1) is 19.6 Å². The summed E-state index contributed by atoms with van der Waals surface area (Å²) < 4.78 is 50.9. The van der Waals surface area contributed by atoms with Gasteiger partial charge in [-0.05, 0) is 43.5 Å². The topological polar surface area (TPSA) is 112 Å². The molecule has 0 amide bonds. The van der Waals surface area contributed by atoms with E-state index in [1.54, 1.807) is 38.2 Å². The summed E-state index contributed by atoms with van der Waals surface area (Å²) >= 11 is 0. The van der Waals surface area contributed by atoms with Crippen LogP contribution in [-0.4, -0.2) is 60.2 Å². The number of aliphatic carboxylic acids is 1. The van der Waals surface area contributed by atoms with Crippen LogP contribution >= 0.6 is 0 Å². The zero-order valence-corrected chi connectivity index (χ0v) is 19.9. The number of methoxy groups -OCH3 is 2. The van der Waals surface area contributed by atoms with Crippen LogP contribution in [0.3, 0.4) is 0 Å². The molecule has 3 aromatic rings. The Bertz CT molecular complexity index is 1290. The van der Waals surface area contributed by atoms with Crippen LogP contribution in [0.15, 0.2) is 41.6 Å². The van der Waals surface area contributed by atoms with E-state index in [2.05, 4.69) is 10.3 Å². The summed E-state index contributed by atoms with van der Waals surface area (Å²) in [5.41, 5.74) is 1.61. The molecular weight excluding hydrogens is 483 g/mol. The molecule has 1 fully saturated rings. The number of rotatable bonds is 5. The van der Waals surface area contributed by atoms with Gasteiger partial charge >= 0.3 is 12.1 Å². The lowest BCUT2D eigenvalue weighted by Gasteiger charge is -2.25. The van der Waals surface area contributed by atoms with Gasteiger partial charge in [0, 0.05) is 42.8 Å². The molecule has 0 saturated carbocycles. The molecule has 4 rings (SSSR count). The molecule has 0 atom stereocenters. The highest BCUT2D eigenvalue weighted by molar-refractivity contribution is 5.97. The zero-order chi connectivity index (χ0) is 26.5. The largest absolute Gasteiger partial charge is 0.496 e. The summed E-state index contributed by atoms with van der Waals surface area (Å²) in [4.78, 5) is 25.5. The molecule has 3 heterocycles. The Kier molecular flexibility index (Phi) is 8.41. The van der Waals surface area contributed by atoms with Gasteiger partial charge in [0.25, 0.3) is 5.56 Å². The highest BCUT2D eigenvalue weighted by Gasteiger charge is 2.38. The number of hydrogen-bond donors (Lipinski definition) is 2. The average molecular weight is 509 g/mol. The van der Waals surface area contributed by atoms with Crippen LogP contribution in [0.25, 0.3) is 21.9 Å². The number of hydrogen-bond acceptors (Lipinski definition) is 7. The molecule has 2 N–H and O–H groups in total. The molecule has 0 aliphatic carbocycles. The summed E-state index contributed by atoms with van der Waals surface area (Å²) in [6.45, 7) is 1.89. The van der Waals surface area contributed by atoms with Crippen LogP contribution in [0.2, 0.25) is 0 Å². The van der Waals surface area contributed by atoms with Crippen molar-refractivity contribution in [3.63, 3.8) is 0 Å². The number of halogens is 3. The standard InChI is InChI=1S/C22H25N3O4.C2HF3O2/c1-25-13-18(15-6-9-24-12-17(15)22(25)26)16-10-20(28-3)21(11-19(16)27-2)29-14-4-7-23-8-5-14;3-2(4,5)1(6)7/h6,9-14,23H,4-5,7-8H2,1-3H3;(H,6,7). The van der Waals surface area contributed by atoms with Crippen molar-refractivity contribution in [3.8, 4) is 28.4 Å². The fraction of sp³-hybridized carbons (Fsp3) is 0.375. The predicted octanol–water partition coefficient (Wildman–Crippen LogP) is 3.38. The van der Waals surface area contributed by atoms with Crippen LogP contribution in [0.5, 0.6) is 17.2 Å². The average Bonchev–Trinajstić information content (AvgIpc) is 2.86. The van der Waals surface area contributed by atoms with Crippen molar-refractivity contribution < 1.29 is 37.3 Å². The van der Waals surface area contributed by atoms with Crippen molar-refractivity contribution in [2.45, 2.75) is 25.1 Å². The molecule has 1 aliphatic heterocycles. The number of piperidine rings is 1. The van der Waals surface area contributed by atoms with Crippen LogP contribution in [0.1, 0.15) is 12.8 Å². The number of carbonyl (C=O) groups is 1. The first-order valence-corrected chi connectivity index (χ1v) is 10.9. The quantitative estimate of drug-likeness (QED) is 0.539. The molecule has 1 aliphatic rings. The second-order valence-corrected chi connectivity index (χ2v) is 7.95. The van der Waals surface area contributed by atoms with Gasteiger partial charge in [0.1, 0.15) is 11.9 Å². The van der Waals surface area contributed by atoms with Gasteiger partial charge in [-0.25, -0.2) is 4.79 Å². The van der Waals surface area contributed by atoms with Crippen molar-refractivity contribution >= 4 is 16.7 Å². The third-order valence-corrected chi connectivity index (χ3v) is 5.58. The second-order valence-electron chi connectivity index (χ2n) is 7.95. The van der Waals surface area contributed by atoms with Gasteiger partial charge < -0.3 is 29.2 Å². The second kappa shape index (κ2) is 11.3. The molecule has 1 aromatic carbocycles. The molecule has 12 heteroatoms. The Labute approximate surface area is 204 Å². The number of aromatic nitrogens is 2. The predicted molar refractivity (Wildman–Crippen MR) is 126 cm³/mol. The molecule has 1 saturated heterocycles.